The van der Waals surface area contributed by atoms with Gasteiger partial charge in [0, 0.05) is 21.0 Å². The lowest BCUT2D eigenvalue weighted by molar-refractivity contribution is -0.113. The number of amides is 2. The molecule has 4 rings (SSSR count). The molecule has 3 aromatic rings. The van der Waals surface area contributed by atoms with E-state index in [1.165, 1.54) is 23.1 Å². The van der Waals surface area contributed by atoms with Crippen molar-refractivity contribution in [2.45, 2.75) is 51.9 Å². The van der Waals surface area contributed by atoms with Gasteiger partial charge in [0.2, 0.25) is 5.91 Å². The summed E-state index contributed by atoms with van der Waals surface area (Å²) in [5.41, 5.74) is 2.82. The zero-order valence-corrected chi connectivity index (χ0v) is 25.2. The number of methoxy groups -OCH3 is 1. The fourth-order valence-electron chi connectivity index (χ4n) is 4.78. The van der Waals surface area contributed by atoms with Gasteiger partial charge in [-0.1, -0.05) is 32.9 Å². The number of ether oxygens (including phenoxy) is 2. The van der Waals surface area contributed by atoms with Gasteiger partial charge >= 0.3 is 5.97 Å². The van der Waals surface area contributed by atoms with Crippen molar-refractivity contribution in [2.24, 2.45) is 11.3 Å². The lowest BCUT2D eigenvalue weighted by Crippen LogP contribution is -2.26. The number of carbonyl (C=O) groups excluding carboxylic acids is 3. The van der Waals surface area contributed by atoms with Crippen LogP contribution in [0.2, 0.25) is 0 Å². The van der Waals surface area contributed by atoms with Crippen molar-refractivity contribution >= 4 is 51.6 Å². The molecule has 1 atom stereocenters. The summed E-state index contributed by atoms with van der Waals surface area (Å²) in [4.78, 5) is 40.6. The van der Waals surface area contributed by atoms with E-state index in [1.807, 2.05) is 18.2 Å². The van der Waals surface area contributed by atoms with Gasteiger partial charge in [-0.25, -0.2) is 4.79 Å². The van der Waals surface area contributed by atoms with E-state index < -0.39 is 0 Å². The first-order valence-electron chi connectivity index (χ1n) is 13.4. The zero-order valence-electron chi connectivity index (χ0n) is 23.6. The van der Waals surface area contributed by atoms with Gasteiger partial charge in [-0.3, -0.25) is 9.59 Å². The van der Waals surface area contributed by atoms with E-state index in [9.17, 15) is 14.4 Å². The van der Waals surface area contributed by atoms with E-state index in [2.05, 4.69) is 31.4 Å². The number of rotatable bonds is 9. The van der Waals surface area contributed by atoms with Crippen LogP contribution >= 0.6 is 23.1 Å². The highest BCUT2D eigenvalue weighted by Crippen LogP contribution is 2.44. The third kappa shape index (κ3) is 7.26. The van der Waals surface area contributed by atoms with Crippen LogP contribution in [-0.4, -0.2) is 37.3 Å². The number of fused-ring (bicyclic) bond motifs is 1. The van der Waals surface area contributed by atoms with Crippen molar-refractivity contribution in [3.63, 3.8) is 0 Å². The summed E-state index contributed by atoms with van der Waals surface area (Å²) in [5, 5.41) is 6.45. The SMILES string of the molecule is CCOC(=O)c1c(NC(=O)CSc2cccc(NC(=O)c3cccc(OC)c3)c2)sc2c1CCC(C(C)(C)C)C2. The van der Waals surface area contributed by atoms with E-state index in [1.54, 1.807) is 44.4 Å². The molecule has 7 nitrogen and oxygen atoms in total. The first-order chi connectivity index (χ1) is 19.1. The third-order valence-electron chi connectivity index (χ3n) is 7.02. The molecule has 40 heavy (non-hydrogen) atoms. The molecule has 0 radical (unpaired) electrons. The minimum Gasteiger partial charge on any atom is -0.497 e. The van der Waals surface area contributed by atoms with Crippen LogP contribution in [-0.2, 0) is 22.4 Å². The predicted molar refractivity (Wildman–Crippen MR) is 162 cm³/mol. The quantitative estimate of drug-likeness (QED) is 0.208. The minimum absolute atomic E-state index is 0.155. The maximum absolute atomic E-state index is 13.0. The van der Waals surface area contributed by atoms with E-state index in [4.69, 9.17) is 9.47 Å². The molecule has 1 heterocycles. The standard InChI is InChI=1S/C31H36N2O5S2/c1-6-38-30(36)27-24-14-13-20(31(2,3)4)16-25(24)40-29(27)33-26(34)18-39-23-12-8-10-21(17-23)32-28(35)19-9-7-11-22(15-19)37-5/h7-12,15,17,20H,6,13-14,16,18H2,1-5H3,(H,32,35)(H,33,34). The van der Waals surface area contributed by atoms with Gasteiger partial charge in [0.25, 0.3) is 5.91 Å². The Bertz CT molecular complexity index is 1390. The average molecular weight is 581 g/mol. The number of thiophene rings is 1. The van der Waals surface area contributed by atoms with Crippen LogP contribution < -0.4 is 15.4 Å². The number of hydrogen-bond acceptors (Lipinski definition) is 7. The topological polar surface area (TPSA) is 93.7 Å². The average Bonchev–Trinajstić information content (AvgIpc) is 3.29. The lowest BCUT2D eigenvalue weighted by Gasteiger charge is -2.33. The summed E-state index contributed by atoms with van der Waals surface area (Å²) in [7, 11) is 1.56. The van der Waals surface area contributed by atoms with Crippen LogP contribution in [0, 0.1) is 11.3 Å². The number of nitrogens with one attached hydrogen (secondary N) is 2. The molecule has 2 amide bonds. The minimum atomic E-state index is -0.378. The lowest BCUT2D eigenvalue weighted by atomic mass is 9.72. The molecule has 1 unspecified atom stereocenters. The van der Waals surface area contributed by atoms with Gasteiger partial charge in [-0.05, 0) is 79.5 Å². The molecular formula is C31H36N2O5S2. The highest BCUT2D eigenvalue weighted by molar-refractivity contribution is 8.00. The van der Waals surface area contributed by atoms with Gasteiger partial charge in [0.1, 0.15) is 10.8 Å². The second kappa shape index (κ2) is 12.9. The van der Waals surface area contributed by atoms with Crippen molar-refractivity contribution in [1.29, 1.82) is 0 Å². The second-order valence-corrected chi connectivity index (χ2v) is 12.9. The van der Waals surface area contributed by atoms with Crippen molar-refractivity contribution in [3.05, 3.63) is 70.1 Å². The monoisotopic (exact) mass is 580 g/mol. The summed E-state index contributed by atoms with van der Waals surface area (Å²) in [6.45, 7) is 8.82. The Hall–Kier alpha value is -3.30. The van der Waals surface area contributed by atoms with Crippen LogP contribution in [0.15, 0.2) is 53.4 Å². The Labute approximate surface area is 244 Å². The molecule has 1 aromatic heterocycles. The smallest absolute Gasteiger partial charge is 0.341 e. The molecule has 0 bridgehead atoms. The number of hydrogen-bond donors (Lipinski definition) is 2. The second-order valence-electron chi connectivity index (χ2n) is 10.8. The van der Waals surface area contributed by atoms with Gasteiger partial charge in [-0.2, -0.15) is 0 Å². The molecule has 0 saturated heterocycles. The zero-order chi connectivity index (χ0) is 28.9. The summed E-state index contributed by atoms with van der Waals surface area (Å²) < 4.78 is 10.6. The fourth-order valence-corrected chi connectivity index (χ4v) is 6.86. The Morgan fingerprint density at radius 2 is 1.85 bits per heavy atom. The van der Waals surface area contributed by atoms with Crippen molar-refractivity contribution in [2.75, 3.05) is 30.1 Å². The number of anilines is 2. The number of esters is 1. The Kier molecular flexibility index (Phi) is 9.58. The molecule has 0 fully saturated rings. The normalized spacial score (nSPS) is 14.7. The van der Waals surface area contributed by atoms with Crippen molar-refractivity contribution in [3.8, 4) is 5.75 Å². The van der Waals surface area contributed by atoms with Crippen LogP contribution in [0.3, 0.4) is 0 Å². The van der Waals surface area contributed by atoms with Crippen LogP contribution in [0.1, 0.15) is 65.3 Å². The molecule has 1 aliphatic rings. The van der Waals surface area contributed by atoms with E-state index in [0.717, 1.165) is 34.6 Å². The summed E-state index contributed by atoms with van der Waals surface area (Å²) >= 11 is 2.86. The number of carbonyl (C=O) groups is 3. The Morgan fingerprint density at radius 3 is 2.58 bits per heavy atom. The predicted octanol–water partition coefficient (Wildman–Crippen LogP) is 7.07. The number of benzene rings is 2. The van der Waals surface area contributed by atoms with Crippen LogP contribution in [0.25, 0.3) is 0 Å². The van der Waals surface area contributed by atoms with Crippen molar-refractivity contribution in [1.82, 2.24) is 0 Å². The highest BCUT2D eigenvalue weighted by Gasteiger charge is 2.34. The fraction of sp³-hybridized carbons (Fsp3) is 0.387. The summed E-state index contributed by atoms with van der Waals surface area (Å²) in [6, 6.07) is 14.3. The van der Waals surface area contributed by atoms with Gasteiger partial charge in [-0.15, -0.1) is 23.1 Å². The first-order valence-corrected chi connectivity index (χ1v) is 15.2. The molecular weight excluding hydrogens is 544 g/mol. The molecule has 2 aromatic carbocycles. The van der Waals surface area contributed by atoms with E-state index in [-0.39, 0.29) is 35.6 Å². The van der Waals surface area contributed by atoms with Crippen LogP contribution in [0.4, 0.5) is 10.7 Å². The number of thioether (sulfide) groups is 1. The molecule has 0 saturated carbocycles. The van der Waals surface area contributed by atoms with E-state index >= 15 is 0 Å². The molecule has 1 aliphatic carbocycles. The molecule has 2 N–H and O–H groups in total. The summed E-state index contributed by atoms with van der Waals surface area (Å²) in [5.74, 6) is 0.451. The molecule has 0 spiro atoms. The molecule has 0 aliphatic heterocycles. The van der Waals surface area contributed by atoms with E-state index in [0.29, 0.717) is 33.5 Å². The Balaban J connectivity index is 1.42. The maximum Gasteiger partial charge on any atom is 0.341 e. The van der Waals surface area contributed by atoms with Gasteiger partial charge in [0.15, 0.2) is 0 Å². The largest absolute Gasteiger partial charge is 0.497 e. The van der Waals surface area contributed by atoms with Crippen LogP contribution in [0.5, 0.6) is 5.75 Å². The van der Waals surface area contributed by atoms with Crippen molar-refractivity contribution < 1.29 is 23.9 Å². The maximum atomic E-state index is 13.0. The third-order valence-corrected chi connectivity index (χ3v) is 9.18. The first kappa shape index (κ1) is 29.7. The summed E-state index contributed by atoms with van der Waals surface area (Å²) in [6.07, 6.45) is 2.71. The highest BCUT2D eigenvalue weighted by atomic mass is 32.2. The van der Waals surface area contributed by atoms with Gasteiger partial charge < -0.3 is 20.1 Å². The molecule has 212 valence electrons. The Morgan fingerprint density at radius 1 is 1.07 bits per heavy atom. The molecule has 9 heteroatoms. The van der Waals surface area contributed by atoms with Gasteiger partial charge in [0.05, 0.1) is 25.0 Å².